The topological polar surface area (TPSA) is 57.2 Å². The minimum Gasteiger partial charge on any atom is -0.381 e. The Morgan fingerprint density at radius 1 is 1.29 bits per heavy atom. The minimum atomic E-state index is 0. The Morgan fingerprint density at radius 3 is 2.61 bits per heavy atom. The van der Waals surface area contributed by atoms with E-state index in [4.69, 9.17) is 4.74 Å². The Balaban J connectivity index is 0.00000280. The van der Waals surface area contributed by atoms with Crippen LogP contribution in [0.4, 0.5) is 5.69 Å². The van der Waals surface area contributed by atoms with E-state index in [-0.39, 0.29) is 29.9 Å². The smallest absolute Gasteiger partial charge is 0.227 e. The number of nitrogens with zero attached hydrogens (tertiary/aromatic N) is 3. The maximum atomic E-state index is 11.8. The lowest BCUT2D eigenvalue weighted by Crippen LogP contribution is -2.39. The highest BCUT2D eigenvalue weighted by atomic mass is 127. The molecule has 6 nitrogen and oxygen atoms in total. The summed E-state index contributed by atoms with van der Waals surface area (Å²) in [6.45, 7) is 4.37. The molecule has 7 heteroatoms. The lowest BCUT2D eigenvalue weighted by Gasteiger charge is -2.27. The van der Waals surface area contributed by atoms with E-state index in [2.05, 4.69) is 34.4 Å². The first-order chi connectivity index (χ1) is 13.2. The number of carbonyl (C=O) groups excluding carboxylic acids is 1. The molecule has 2 saturated heterocycles. The van der Waals surface area contributed by atoms with Crippen LogP contribution in [0.25, 0.3) is 0 Å². The third-order valence-corrected chi connectivity index (χ3v) is 5.56. The van der Waals surface area contributed by atoms with Crippen molar-refractivity contribution < 1.29 is 9.53 Å². The number of hydrogen-bond donors (Lipinski definition) is 1. The quantitative estimate of drug-likeness (QED) is 0.370. The summed E-state index contributed by atoms with van der Waals surface area (Å²) in [6.07, 6.45) is 5.15. The standard InChI is InChI=1S/C21H32N4O2.HI/c1-22-21(24(2)13-9-17-10-14-27-15-11-17)23-16-18-5-7-19(8-6-18)25-12-3-4-20(25)26;/h5-8,17H,3-4,9-16H2,1-2H3,(H,22,23);1H. The van der Waals surface area contributed by atoms with Gasteiger partial charge in [0.1, 0.15) is 0 Å². The fourth-order valence-corrected chi connectivity index (χ4v) is 3.80. The van der Waals surface area contributed by atoms with E-state index in [9.17, 15) is 4.79 Å². The van der Waals surface area contributed by atoms with Crippen LogP contribution in [-0.4, -0.2) is 57.2 Å². The summed E-state index contributed by atoms with van der Waals surface area (Å²) in [6, 6.07) is 8.25. The van der Waals surface area contributed by atoms with Gasteiger partial charge in [0.15, 0.2) is 5.96 Å². The molecular formula is C21H33IN4O2. The maximum absolute atomic E-state index is 11.8. The zero-order valence-corrected chi connectivity index (χ0v) is 19.4. The number of ether oxygens (including phenoxy) is 1. The van der Waals surface area contributed by atoms with Gasteiger partial charge in [0.2, 0.25) is 5.91 Å². The molecule has 0 unspecified atom stereocenters. The van der Waals surface area contributed by atoms with Crippen molar-refractivity contribution in [2.45, 2.75) is 38.6 Å². The van der Waals surface area contributed by atoms with Crippen molar-refractivity contribution in [2.24, 2.45) is 10.9 Å². The highest BCUT2D eigenvalue weighted by Crippen LogP contribution is 2.21. The van der Waals surface area contributed by atoms with E-state index in [1.807, 2.05) is 24.1 Å². The third kappa shape index (κ3) is 6.34. The van der Waals surface area contributed by atoms with E-state index in [1.54, 1.807) is 0 Å². The Labute approximate surface area is 185 Å². The number of hydrogen-bond acceptors (Lipinski definition) is 3. The van der Waals surface area contributed by atoms with Crippen LogP contribution in [-0.2, 0) is 16.1 Å². The van der Waals surface area contributed by atoms with Gasteiger partial charge in [-0.2, -0.15) is 0 Å². The van der Waals surface area contributed by atoms with Crippen LogP contribution >= 0.6 is 24.0 Å². The molecule has 0 aromatic heterocycles. The lowest BCUT2D eigenvalue weighted by atomic mass is 9.96. The number of halogens is 1. The predicted octanol–water partition coefficient (Wildman–Crippen LogP) is 3.26. The molecule has 2 aliphatic heterocycles. The SMILES string of the molecule is CN=C(NCc1ccc(N2CCCC2=O)cc1)N(C)CCC1CCOCC1.I. The molecule has 156 valence electrons. The fourth-order valence-electron chi connectivity index (χ4n) is 3.80. The average Bonchev–Trinajstić information content (AvgIpc) is 3.14. The number of guanidine groups is 1. The number of rotatable bonds is 6. The van der Waals surface area contributed by atoms with Gasteiger partial charge in [0.05, 0.1) is 0 Å². The van der Waals surface area contributed by atoms with Crippen molar-refractivity contribution >= 4 is 41.5 Å². The molecule has 1 aromatic rings. The number of amides is 1. The first-order valence-corrected chi connectivity index (χ1v) is 10.1. The van der Waals surface area contributed by atoms with Crippen molar-refractivity contribution in [3.8, 4) is 0 Å². The molecule has 0 spiro atoms. The summed E-state index contributed by atoms with van der Waals surface area (Å²) in [5, 5.41) is 3.44. The van der Waals surface area contributed by atoms with Gasteiger partial charge in [-0.1, -0.05) is 12.1 Å². The summed E-state index contributed by atoms with van der Waals surface area (Å²) in [7, 11) is 3.92. The Kier molecular flexibility index (Phi) is 9.50. The Hall–Kier alpha value is -1.35. The lowest BCUT2D eigenvalue weighted by molar-refractivity contribution is -0.117. The first kappa shape index (κ1) is 22.9. The molecule has 2 heterocycles. The second kappa shape index (κ2) is 11.6. The van der Waals surface area contributed by atoms with Gasteiger partial charge in [-0.15, -0.1) is 24.0 Å². The number of carbonyl (C=O) groups is 1. The van der Waals surface area contributed by atoms with Gasteiger partial charge >= 0.3 is 0 Å². The maximum Gasteiger partial charge on any atom is 0.227 e. The van der Waals surface area contributed by atoms with Crippen molar-refractivity contribution in [2.75, 3.05) is 45.3 Å². The van der Waals surface area contributed by atoms with E-state index in [0.29, 0.717) is 6.42 Å². The molecule has 0 atom stereocenters. The molecule has 2 aliphatic rings. The van der Waals surface area contributed by atoms with Crippen LogP contribution in [0.5, 0.6) is 0 Å². The van der Waals surface area contributed by atoms with Crippen LogP contribution in [0.2, 0.25) is 0 Å². The largest absolute Gasteiger partial charge is 0.381 e. The van der Waals surface area contributed by atoms with Crippen LogP contribution in [0.3, 0.4) is 0 Å². The summed E-state index contributed by atoms with van der Waals surface area (Å²) < 4.78 is 5.44. The van der Waals surface area contributed by atoms with Crippen LogP contribution < -0.4 is 10.2 Å². The molecule has 0 saturated carbocycles. The van der Waals surface area contributed by atoms with Gasteiger partial charge in [0, 0.05) is 59.1 Å². The summed E-state index contributed by atoms with van der Waals surface area (Å²) in [5.74, 6) is 1.91. The Bertz CT molecular complexity index is 644. The van der Waals surface area contributed by atoms with Crippen molar-refractivity contribution in [3.63, 3.8) is 0 Å². The molecule has 1 aromatic carbocycles. The van der Waals surface area contributed by atoms with Crippen molar-refractivity contribution in [3.05, 3.63) is 29.8 Å². The van der Waals surface area contributed by atoms with E-state index < -0.39 is 0 Å². The van der Waals surface area contributed by atoms with Crippen molar-refractivity contribution in [1.29, 1.82) is 0 Å². The second-order valence-electron chi connectivity index (χ2n) is 7.48. The van der Waals surface area contributed by atoms with Gasteiger partial charge in [-0.05, 0) is 49.3 Å². The van der Waals surface area contributed by atoms with Gasteiger partial charge in [-0.3, -0.25) is 9.79 Å². The zero-order chi connectivity index (χ0) is 19.1. The third-order valence-electron chi connectivity index (χ3n) is 5.56. The molecule has 0 radical (unpaired) electrons. The van der Waals surface area contributed by atoms with Crippen LogP contribution in [0.15, 0.2) is 29.3 Å². The molecule has 2 fully saturated rings. The van der Waals surface area contributed by atoms with Crippen LogP contribution in [0.1, 0.15) is 37.7 Å². The second-order valence-corrected chi connectivity index (χ2v) is 7.48. The van der Waals surface area contributed by atoms with E-state index in [0.717, 1.165) is 56.8 Å². The number of nitrogens with one attached hydrogen (secondary N) is 1. The highest BCUT2D eigenvalue weighted by Gasteiger charge is 2.21. The van der Waals surface area contributed by atoms with Gasteiger partial charge in [-0.25, -0.2) is 0 Å². The van der Waals surface area contributed by atoms with E-state index in [1.165, 1.54) is 24.8 Å². The zero-order valence-electron chi connectivity index (χ0n) is 17.0. The summed E-state index contributed by atoms with van der Waals surface area (Å²) in [5.41, 5.74) is 2.18. The average molecular weight is 500 g/mol. The summed E-state index contributed by atoms with van der Waals surface area (Å²) >= 11 is 0. The molecule has 1 amide bonds. The molecule has 0 bridgehead atoms. The van der Waals surface area contributed by atoms with Crippen LogP contribution in [0, 0.1) is 5.92 Å². The number of aliphatic imine (C=N–C) groups is 1. The summed E-state index contributed by atoms with van der Waals surface area (Å²) in [4.78, 5) is 20.3. The molecule has 28 heavy (non-hydrogen) atoms. The van der Waals surface area contributed by atoms with Gasteiger partial charge in [0.25, 0.3) is 0 Å². The number of benzene rings is 1. The highest BCUT2D eigenvalue weighted by molar-refractivity contribution is 14.0. The molecule has 1 N–H and O–H groups in total. The minimum absolute atomic E-state index is 0. The predicted molar refractivity (Wildman–Crippen MR) is 124 cm³/mol. The number of anilines is 1. The fraction of sp³-hybridized carbons (Fsp3) is 0.619. The first-order valence-electron chi connectivity index (χ1n) is 10.1. The Morgan fingerprint density at radius 2 is 2.00 bits per heavy atom. The molecule has 0 aliphatic carbocycles. The van der Waals surface area contributed by atoms with Gasteiger partial charge < -0.3 is 19.9 Å². The van der Waals surface area contributed by atoms with E-state index >= 15 is 0 Å². The van der Waals surface area contributed by atoms with Crippen molar-refractivity contribution in [1.82, 2.24) is 10.2 Å². The monoisotopic (exact) mass is 500 g/mol. The molecular weight excluding hydrogens is 467 g/mol. The molecule has 3 rings (SSSR count). The normalized spacial score (nSPS) is 18.1.